The number of para-hydroxylation sites is 1. The largest absolute Gasteiger partial charge is 0.370 e. The van der Waals surface area contributed by atoms with Crippen LogP contribution >= 0.6 is 0 Å². The Morgan fingerprint density at radius 1 is 1.05 bits per heavy atom. The van der Waals surface area contributed by atoms with E-state index in [4.69, 9.17) is 10.7 Å². The van der Waals surface area contributed by atoms with Gasteiger partial charge in [-0.3, -0.25) is 34.2 Å². The second kappa shape index (κ2) is 13.1. The number of amidine groups is 1. The highest BCUT2D eigenvalue weighted by Crippen LogP contribution is 2.37. The maximum absolute atomic E-state index is 13.3. The number of nitrogens with zero attached hydrogens (tertiary/aromatic N) is 3. The van der Waals surface area contributed by atoms with Crippen LogP contribution in [0.1, 0.15) is 58.3 Å². The molecule has 4 rings (SSSR count). The fraction of sp³-hybridized carbons (Fsp3) is 0.393. The molecule has 1 aromatic heterocycles. The predicted molar refractivity (Wildman–Crippen MR) is 149 cm³/mol. The highest BCUT2D eigenvalue weighted by Gasteiger charge is 2.30. The maximum Gasteiger partial charge on any atom is 0.253 e. The fourth-order valence-corrected chi connectivity index (χ4v) is 4.67. The molecule has 2 aliphatic heterocycles. The summed E-state index contributed by atoms with van der Waals surface area (Å²) in [5.74, 6) is -1.29. The van der Waals surface area contributed by atoms with Crippen LogP contribution in [0.15, 0.2) is 41.4 Å². The number of hydrogen-bond acceptors (Lipinski definition) is 7. The molecule has 40 heavy (non-hydrogen) atoms. The molecule has 3 heterocycles. The number of imide groups is 1. The van der Waals surface area contributed by atoms with E-state index in [1.54, 1.807) is 0 Å². The summed E-state index contributed by atoms with van der Waals surface area (Å²) in [5, 5.41) is 8.30. The number of primary amides is 1. The number of carbonyl (C=O) groups is 5. The summed E-state index contributed by atoms with van der Waals surface area (Å²) in [5.41, 5.74) is 7.48. The van der Waals surface area contributed by atoms with Gasteiger partial charge in [0, 0.05) is 31.5 Å². The first-order valence-corrected chi connectivity index (χ1v) is 13.5. The Bertz CT molecular complexity index is 1380. The van der Waals surface area contributed by atoms with Crippen LogP contribution in [0.2, 0.25) is 0 Å². The molecule has 1 atom stereocenters. The fourth-order valence-electron chi connectivity index (χ4n) is 4.67. The molecule has 0 saturated heterocycles. The number of benzene rings is 1. The molecular weight excluding hydrogens is 514 g/mol. The Kier molecular flexibility index (Phi) is 9.33. The van der Waals surface area contributed by atoms with E-state index in [-0.39, 0.29) is 37.0 Å². The Morgan fingerprint density at radius 2 is 1.80 bits per heavy atom. The van der Waals surface area contributed by atoms with Gasteiger partial charge in [-0.25, -0.2) is 4.98 Å². The lowest BCUT2D eigenvalue weighted by atomic mass is 10.1. The number of anilines is 1. The lowest BCUT2D eigenvalue weighted by Crippen LogP contribution is -2.80. The molecular formula is C28H34N7O5+. The van der Waals surface area contributed by atoms with E-state index in [0.717, 1.165) is 41.1 Å². The van der Waals surface area contributed by atoms with Gasteiger partial charge in [-0.2, -0.15) is 4.99 Å². The smallest absolute Gasteiger partial charge is 0.253 e. The molecule has 12 heteroatoms. The lowest BCUT2D eigenvalue weighted by molar-refractivity contribution is -0.439. The van der Waals surface area contributed by atoms with Gasteiger partial charge in [0.15, 0.2) is 17.2 Å². The van der Waals surface area contributed by atoms with Gasteiger partial charge in [-0.15, -0.1) is 0 Å². The van der Waals surface area contributed by atoms with Crippen molar-refractivity contribution in [2.45, 2.75) is 64.3 Å². The summed E-state index contributed by atoms with van der Waals surface area (Å²) in [6, 6.07) is 6.39. The van der Waals surface area contributed by atoms with Crippen molar-refractivity contribution in [1.29, 1.82) is 0 Å². The van der Waals surface area contributed by atoms with E-state index in [1.165, 1.54) is 12.2 Å². The number of amides is 5. The van der Waals surface area contributed by atoms with Crippen LogP contribution in [0.5, 0.6) is 0 Å². The van der Waals surface area contributed by atoms with Gasteiger partial charge in [0.05, 0.1) is 17.3 Å². The molecule has 210 valence electrons. The average Bonchev–Trinajstić information content (AvgIpc) is 3.50. The highest BCUT2D eigenvalue weighted by molar-refractivity contribution is 6.13. The number of aromatic nitrogens is 1. The molecule has 1 aromatic carbocycles. The standard InChI is InChI=1S/C28H33N7O5/c1-2-3-11-21-32-25-17-9-6-7-10-18(17)31-27(26(25)33-21)34-28(40)19(16-20(29)36)30-22(37)12-5-4-8-15-35-23(38)13-14-24(35)39/h6-7,9-10,13-14,19H,2-5,8,11-12,15-16H2,1H3,(H2,29,36)(H,30,37)(H,32,33)(H,31,34,40)/p+1/t19-/m0/s1. The second-order valence-electron chi connectivity index (χ2n) is 9.84. The van der Waals surface area contributed by atoms with Crippen molar-refractivity contribution < 1.29 is 29.3 Å². The van der Waals surface area contributed by atoms with Crippen LogP contribution in [0.25, 0.3) is 10.9 Å². The Balaban J connectivity index is 1.39. The zero-order chi connectivity index (χ0) is 28.6. The number of nitrogens with one attached hydrogen (secondary N) is 2. The van der Waals surface area contributed by atoms with Crippen LogP contribution in [0.4, 0.5) is 17.2 Å². The van der Waals surface area contributed by atoms with E-state index in [2.05, 4.69) is 22.5 Å². The lowest BCUT2D eigenvalue weighted by Gasteiger charge is -2.18. The molecule has 2 aromatic rings. The molecule has 0 saturated carbocycles. The van der Waals surface area contributed by atoms with Crippen LogP contribution in [-0.4, -0.2) is 57.8 Å². The molecule has 0 radical (unpaired) electrons. The third-order valence-corrected chi connectivity index (χ3v) is 6.74. The second-order valence-corrected chi connectivity index (χ2v) is 9.84. The van der Waals surface area contributed by atoms with Crippen molar-refractivity contribution in [1.82, 2.24) is 15.2 Å². The van der Waals surface area contributed by atoms with Crippen molar-refractivity contribution in [2.24, 2.45) is 10.7 Å². The zero-order valence-electron chi connectivity index (χ0n) is 22.4. The average molecular weight is 549 g/mol. The third-order valence-electron chi connectivity index (χ3n) is 6.74. The Hall–Kier alpha value is -4.45. The number of aliphatic imine (C=N–C) groups is 1. The monoisotopic (exact) mass is 548 g/mol. The van der Waals surface area contributed by atoms with Crippen molar-refractivity contribution in [3.63, 3.8) is 0 Å². The van der Waals surface area contributed by atoms with Crippen molar-refractivity contribution in [3.8, 4) is 0 Å². The van der Waals surface area contributed by atoms with Gasteiger partial charge in [-0.05, 0) is 31.4 Å². The summed E-state index contributed by atoms with van der Waals surface area (Å²) < 4.78 is 0. The van der Waals surface area contributed by atoms with Crippen LogP contribution in [-0.2, 0) is 24.0 Å². The molecule has 0 spiro atoms. The highest BCUT2D eigenvalue weighted by atomic mass is 16.2. The van der Waals surface area contributed by atoms with Gasteiger partial charge < -0.3 is 16.4 Å². The van der Waals surface area contributed by atoms with Crippen molar-refractivity contribution in [3.05, 3.63) is 36.4 Å². The normalized spacial score (nSPS) is 14.8. The Morgan fingerprint density at radius 3 is 2.52 bits per heavy atom. The number of quaternary nitrogens is 1. The Labute approximate surface area is 231 Å². The molecule has 12 nitrogen and oxygen atoms in total. The maximum atomic E-state index is 13.3. The SMILES string of the molecule is CCCCC1=Nc2c(NC(=O)[C@H](CC(N)=O)NC(=O)CCCCCN3C(=O)C=CC3=O)nc3ccccc3c2[NH2+]1. The topological polar surface area (TPSA) is 181 Å². The first-order valence-electron chi connectivity index (χ1n) is 13.5. The number of unbranched alkanes of at least 4 members (excludes halogenated alkanes) is 3. The van der Waals surface area contributed by atoms with Crippen molar-refractivity contribution >= 4 is 63.5 Å². The molecule has 5 amide bonds. The first-order chi connectivity index (χ1) is 19.3. The summed E-state index contributed by atoms with van der Waals surface area (Å²) in [6.07, 6.45) is 6.62. The minimum Gasteiger partial charge on any atom is -0.370 e. The molecule has 0 unspecified atom stereocenters. The summed E-state index contributed by atoms with van der Waals surface area (Å²) in [7, 11) is 0. The number of rotatable bonds is 14. The third kappa shape index (κ3) is 6.94. The minimum atomic E-state index is -1.19. The number of fused-ring (bicyclic) bond motifs is 3. The molecule has 0 aliphatic carbocycles. The number of hydrogen-bond donors (Lipinski definition) is 4. The summed E-state index contributed by atoms with van der Waals surface area (Å²) >= 11 is 0. The quantitative estimate of drug-likeness (QED) is 0.205. The van der Waals surface area contributed by atoms with Crippen molar-refractivity contribution in [2.75, 3.05) is 11.9 Å². The number of carbonyl (C=O) groups excluding carboxylic acids is 5. The van der Waals surface area contributed by atoms with Gasteiger partial charge in [-0.1, -0.05) is 31.9 Å². The zero-order valence-corrected chi connectivity index (χ0v) is 22.4. The van der Waals surface area contributed by atoms with Crippen LogP contribution in [0, 0.1) is 0 Å². The number of nitrogens with two attached hydrogens (primary N) is 2. The summed E-state index contributed by atoms with van der Waals surface area (Å²) in [6.45, 7) is 2.39. The van der Waals surface area contributed by atoms with E-state index in [0.29, 0.717) is 30.5 Å². The summed E-state index contributed by atoms with van der Waals surface area (Å²) in [4.78, 5) is 71.3. The van der Waals surface area contributed by atoms with E-state index in [1.807, 2.05) is 29.6 Å². The van der Waals surface area contributed by atoms with E-state index in [9.17, 15) is 24.0 Å². The molecule has 2 aliphatic rings. The van der Waals surface area contributed by atoms with Crippen LogP contribution in [0.3, 0.4) is 0 Å². The molecule has 0 bridgehead atoms. The van der Waals surface area contributed by atoms with E-state index < -0.39 is 23.8 Å². The van der Waals surface area contributed by atoms with Gasteiger partial charge >= 0.3 is 0 Å². The van der Waals surface area contributed by atoms with E-state index >= 15 is 0 Å². The predicted octanol–water partition coefficient (Wildman–Crippen LogP) is 1.45. The van der Waals surface area contributed by atoms with Gasteiger partial charge in [0.25, 0.3) is 11.8 Å². The molecule has 6 N–H and O–H groups in total. The van der Waals surface area contributed by atoms with Crippen LogP contribution < -0.4 is 21.7 Å². The first kappa shape index (κ1) is 28.6. The van der Waals surface area contributed by atoms with Gasteiger partial charge in [0.2, 0.25) is 23.6 Å². The number of pyridine rings is 1. The van der Waals surface area contributed by atoms with Gasteiger partial charge in [0.1, 0.15) is 6.04 Å². The molecule has 0 fully saturated rings. The minimum absolute atomic E-state index is 0.104.